The second kappa shape index (κ2) is 16.8. The van der Waals surface area contributed by atoms with E-state index in [1.165, 1.54) is 24.1 Å². The van der Waals surface area contributed by atoms with E-state index in [1.807, 2.05) is 24.5 Å². The molecule has 16 nitrogen and oxygen atoms in total. The first-order valence-electron chi connectivity index (χ1n) is 22.0. The number of ketones is 2. The third kappa shape index (κ3) is 7.73. The smallest absolute Gasteiger partial charge is 0.413 e. The van der Waals surface area contributed by atoms with Crippen molar-refractivity contribution in [3.63, 3.8) is 0 Å². The minimum Gasteiger partial charge on any atom is -0.492 e. The highest BCUT2D eigenvalue weighted by Crippen LogP contribution is 2.67. The van der Waals surface area contributed by atoms with Crippen LogP contribution < -0.4 is 20.8 Å². The SMILES string of the molecule is COc1c(N2CCN(C(=O)OCOC(=O)CCC(N)C(=O)OCC(=O)[C@@]3(O)CCC4C5CCC6=CC(=O)C=C[C@]6(C)C5[C@@H](O)C[C@@]43C)C(C)C2)c(F)cc2c(=O)ccn(C3CC3)c12. The van der Waals surface area contributed by atoms with Crippen molar-refractivity contribution in [3.05, 3.63) is 58.2 Å². The number of methoxy groups -OCH3 is 1. The van der Waals surface area contributed by atoms with Crippen LogP contribution in [0, 0.1) is 34.4 Å². The van der Waals surface area contributed by atoms with Gasteiger partial charge in [-0.15, -0.1) is 0 Å². The Morgan fingerprint density at radius 3 is 2.54 bits per heavy atom. The highest BCUT2D eigenvalue weighted by atomic mass is 19.1. The summed E-state index contributed by atoms with van der Waals surface area (Å²) in [5.41, 5.74) is 4.12. The van der Waals surface area contributed by atoms with E-state index in [-0.39, 0.29) is 97.1 Å². The van der Waals surface area contributed by atoms with Crippen LogP contribution >= 0.6 is 0 Å². The average molecular weight is 877 g/mol. The molecule has 1 aromatic carbocycles. The van der Waals surface area contributed by atoms with E-state index >= 15 is 4.39 Å². The van der Waals surface area contributed by atoms with Crippen molar-refractivity contribution in [1.29, 1.82) is 0 Å². The maximum atomic E-state index is 15.7. The van der Waals surface area contributed by atoms with Gasteiger partial charge in [0.15, 0.2) is 29.4 Å². The summed E-state index contributed by atoms with van der Waals surface area (Å²) < 4.78 is 38.9. The van der Waals surface area contributed by atoms with Gasteiger partial charge in [-0.2, -0.15) is 0 Å². The minimum atomic E-state index is -1.85. The number of fused-ring (bicyclic) bond motifs is 6. The van der Waals surface area contributed by atoms with E-state index in [9.17, 15) is 39.0 Å². The molecule has 0 bridgehead atoms. The number of nitrogens with zero attached hydrogens (tertiary/aromatic N) is 3. The Labute approximate surface area is 364 Å². The summed E-state index contributed by atoms with van der Waals surface area (Å²) in [6.07, 6.45) is 8.89. The molecule has 63 heavy (non-hydrogen) atoms. The first kappa shape index (κ1) is 44.5. The van der Waals surface area contributed by atoms with Gasteiger partial charge in [0.25, 0.3) is 0 Å². The van der Waals surface area contributed by atoms with Crippen molar-refractivity contribution in [2.45, 2.75) is 108 Å². The first-order chi connectivity index (χ1) is 29.9. The molecule has 4 saturated carbocycles. The average Bonchev–Trinajstić information content (AvgIpc) is 4.05. The molecule has 6 aliphatic rings. The van der Waals surface area contributed by atoms with E-state index in [1.54, 1.807) is 30.2 Å². The summed E-state index contributed by atoms with van der Waals surface area (Å²) in [4.78, 5) is 80.1. The third-order valence-electron chi connectivity index (χ3n) is 15.2. The van der Waals surface area contributed by atoms with Crippen LogP contribution in [-0.4, -0.2) is 113 Å². The predicted molar refractivity (Wildman–Crippen MR) is 225 cm³/mol. The van der Waals surface area contributed by atoms with Gasteiger partial charge < -0.3 is 49.3 Å². The number of rotatable bonds is 12. The molecule has 2 heterocycles. The highest BCUT2D eigenvalue weighted by molar-refractivity contribution is 6.01. The zero-order valence-corrected chi connectivity index (χ0v) is 36.2. The van der Waals surface area contributed by atoms with Crippen LogP contribution in [0.1, 0.15) is 84.6 Å². The molecule has 5 fully saturated rings. The number of ether oxygens (including phenoxy) is 4. The van der Waals surface area contributed by atoms with Crippen LogP contribution in [0.5, 0.6) is 5.75 Å². The summed E-state index contributed by atoms with van der Waals surface area (Å²) in [7, 11) is 1.44. The van der Waals surface area contributed by atoms with Gasteiger partial charge in [-0.1, -0.05) is 25.5 Å². The molecule has 9 atom stereocenters. The number of Topliss-reactive ketones (excluding diaryl/α,β-unsaturated/α-hetero) is 1. The lowest BCUT2D eigenvalue weighted by Gasteiger charge is -2.59. The number of piperazine rings is 1. The van der Waals surface area contributed by atoms with Gasteiger partial charge in [0, 0.05) is 67.1 Å². The zero-order chi connectivity index (χ0) is 45.2. The molecule has 4 N–H and O–H groups in total. The topological polar surface area (TPSA) is 217 Å². The molecule has 2 aromatic rings. The Morgan fingerprint density at radius 2 is 1.83 bits per heavy atom. The Hall–Kier alpha value is -5.13. The molecule has 1 aromatic heterocycles. The fourth-order valence-electron chi connectivity index (χ4n) is 11.8. The Bertz CT molecular complexity index is 2340. The van der Waals surface area contributed by atoms with E-state index in [2.05, 4.69) is 0 Å². The second-order valence-corrected chi connectivity index (χ2v) is 18.8. The number of aliphatic hydroxyl groups is 2. The number of pyridine rings is 1. The molecule has 0 radical (unpaired) electrons. The summed E-state index contributed by atoms with van der Waals surface area (Å²) >= 11 is 0. The molecular formula is C46H57FN4O12. The third-order valence-corrected chi connectivity index (χ3v) is 15.2. The highest BCUT2D eigenvalue weighted by Gasteiger charge is 2.68. The van der Waals surface area contributed by atoms with E-state index in [4.69, 9.17) is 24.7 Å². The minimum absolute atomic E-state index is 0.00826. The lowest BCUT2D eigenvalue weighted by atomic mass is 9.46. The predicted octanol–water partition coefficient (Wildman–Crippen LogP) is 3.86. The number of allylic oxidation sites excluding steroid dienone is 4. The van der Waals surface area contributed by atoms with Crippen molar-refractivity contribution >= 4 is 46.2 Å². The molecule has 1 amide bonds. The fraction of sp³-hybridized carbons (Fsp3) is 0.609. The zero-order valence-electron chi connectivity index (χ0n) is 36.2. The van der Waals surface area contributed by atoms with Crippen molar-refractivity contribution in [1.82, 2.24) is 9.47 Å². The number of aromatic nitrogens is 1. The lowest BCUT2D eigenvalue weighted by molar-refractivity contribution is -0.181. The number of anilines is 1. The number of hydrogen-bond donors (Lipinski definition) is 3. The van der Waals surface area contributed by atoms with Gasteiger partial charge in [0.05, 0.1) is 24.1 Å². The maximum Gasteiger partial charge on any atom is 0.413 e. The number of esters is 2. The Balaban J connectivity index is 0.782. The maximum absolute atomic E-state index is 15.7. The molecule has 17 heteroatoms. The fourth-order valence-corrected chi connectivity index (χ4v) is 11.8. The number of aliphatic hydroxyl groups excluding tert-OH is 1. The van der Waals surface area contributed by atoms with Crippen LogP contribution in [0.25, 0.3) is 10.9 Å². The van der Waals surface area contributed by atoms with E-state index < -0.39 is 77.7 Å². The molecule has 0 spiro atoms. The molecule has 1 saturated heterocycles. The van der Waals surface area contributed by atoms with E-state index in [0.29, 0.717) is 18.4 Å². The number of carbonyl (C=O) groups excluding carboxylic acids is 5. The molecule has 8 rings (SSSR count). The van der Waals surface area contributed by atoms with Gasteiger partial charge >= 0.3 is 18.0 Å². The molecule has 1 aliphatic heterocycles. The number of nitrogens with two attached hydrogens (primary N) is 1. The number of benzene rings is 1. The molecule has 340 valence electrons. The molecular weight excluding hydrogens is 820 g/mol. The first-order valence-corrected chi connectivity index (χ1v) is 22.0. The summed E-state index contributed by atoms with van der Waals surface area (Å²) in [5.74, 6) is -3.08. The van der Waals surface area contributed by atoms with Crippen molar-refractivity contribution in [3.8, 4) is 5.75 Å². The van der Waals surface area contributed by atoms with E-state index in [0.717, 1.165) is 24.8 Å². The van der Waals surface area contributed by atoms with Crippen LogP contribution in [0.3, 0.4) is 0 Å². The van der Waals surface area contributed by atoms with Gasteiger partial charge in [-0.05, 0) is 88.3 Å². The van der Waals surface area contributed by atoms with Crippen LogP contribution in [0.4, 0.5) is 14.9 Å². The van der Waals surface area contributed by atoms with Crippen LogP contribution in [0.2, 0.25) is 0 Å². The largest absolute Gasteiger partial charge is 0.492 e. The summed E-state index contributed by atoms with van der Waals surface area (Å²) in [6, 6.07) is 1.13. The Morgan fingerprint density at radius 1 is 1.06 bits per heavy atom. The molecule has 5 aliphatic carbocycles. The standard InChI is InChI=1S/C46H57FN4O12/c1-25-22-49(40-32(47)20-30-34(53)13-16-51(27-6-7-27)39(30)41(40)60-4)17-18-50(25)43(58)63-24-62-37(56)10-9-33(48)42(57)61-23-36(55)46(59)15-12-31-29-8-5-26-19-28(52)11-14-44(26,2)38(29)35(54)21-45(31,46)3/h11,13-14,16,19-20,25,27,29,31,33,35,38,54,59H,5-10,12,15,17-18,21-24,48H2,1-4H3/t25?,29?,31?,33?,35-,38?,44-,45-,46-/m0/s1. The number of halogens is 1. The van der Waals surface area contributed by atoms with Gasteiger partial charge in [-0.3, -0.25) is 24.0 Å². The monoisotopic (exact) mass is 876 g/mol. The van der Waals surface area contributed by atoms with Crippen molar-refractivity contribution in [2.24, 2.45) is 34.3 Å². The van der Waals surface area contributed by atoms with Crippen molar-refractivity contribution < 1.29 is 57.5 Å². The number of carbonyl (C=O) groups is 5. The summed E-state index contributed by atoms with van der Waals surface area (Å²) in [5, 5.41) is 23.8. The van der Waals surface area contributed by atoms with Crippen LogP contribution in [0.15, 0.2) is 46.9 Å². The second-order valence-electron chi connectivity index (χ2n) is 18.8. The quantitative estimate of drug-likeness (QED) is 0.204. The number of hydrogen-bond acceptors (Lipinski definition) is 14. The molecule has 5 unspecified atom stereocenters. The summed E-state index contributed by atoms with van der Waals surface area (Å²) in [6.45, 7) is 4.81. The van der Waals surface area contributed by atoms with Crippen molar-refractivity contribution in [2.75, 3.05) is 45.0 Å². The normalized spacial score (nSPS) is 31.7. The van der Waals surface area contributed by atoms with Gasteiger partial charge in [0.1, 0.15) is 17.3 Å². The lowest BCUT2D eigenvalue weighted by Crippen LogP contribution is -2.61. The Kier molecular flexibility index (Phi) is 11.8. The van der Waals surface area contributed by atoms with Gasteiger partial charge in [0.2, 0.25) is 12.6 Å². The van der Waals surface area contributed by atoms with Crippen LogP contribution in [-0.2, 0) is 33.4 Å². The van der Waals surface area contributed by atoms with Gasteiger partial charge in [-0.25, -0.2) is 9.18 Å². The number of amides is 1.